The average Bonchev–Trinajstić information content (AvgIpc) is 2.54. The van der Waals surface area contributed by atoms with Gasteiger partial charge in [-0.15, -0.1) is 0 Å². The molecule has 1 fully saturated rings. The number of rotatable bonds is 6. The van der Waals surface area contributed by atoms with Crippen LogP contribution in [-0.2, 0) is 9.59 Å². The quantitative estimate of drug-likeness (QED) is 0.828. The maximum absolute atomic E-state index is 12.3. The predicted molar refractivity (Wildman–Crippen MR) is 85.0 cm³/mol. The van der Waals surface area contributed by atoms with Crippen LogP contribution in [0.15, 0.2) is 24.3 Å². The number of para-hydroxylation sites is 2. The minimum absolute atomic E-state index is 0.00457. The van der Waals surface area contributed by atoms with E-state index < -0.39 is 6.61 Å². The highest BCUT2D eigenvalue weighted by molar-refractivity contribution is 5.81. The van der Waals surface area contributed by atoms with Crippen LogP contribution in [0.25, 0.3) is 0 Å². The van der Waals surface area contributed by atoms with E-state index in [-0.39, 0.29) is 30.2 Å². The summed E-state index contributed by atoms with van der Waals surface area (Å²) in [5, 5.41) is 5.68. The number of alkyl halides is 2. The summed E-state index contributed by atoms with van der Waals surface area (Å²) in [6.07, 6.45) is 1.41. The molecule has 0 unspecified atom stereocenters. The van der Waals surface area contributed by atoms with Crippen LogP contribution < -0.4 is 15.4 Å². The van der Waals surface area contributed by atoms with Crippen LogP contribution >= 0.6 is 0 Å². The number of hydrogen-bond acceptors (Lipinski definition) is 4. The molecule has 0 atom stereocenters. The number of anilines is 1. The van der Waals surface area contributed by atoms with Crippen LogP contribution in [0.4, 0.5) is 14.5 Å². The largest absolute Gasteiger partial charge is 0.433 e. The zero-order valence-corrected chi connectivity index (χ0v) is 13.4. The molecule has 0 aliphatic carbocycles. The van der Waals surface area contributed by atoms with Crippen molar-refractivity contribution in [1.29, 1.82) is 0 Å². The van der Waals surface area contributed by atoms with Crippen molar-refractivity contribution < 1.29 is 23.1 Å². The smallest absolute Gasteiger partial charge is 0.387 e. The summed E-state index contributed by atoms with van der Waals surface area (Å²) in [7, 11) is 0. The Balaban J connectivity index is 1.79. The van der Waals surface area contributed by atoms with E-state index in [2.05, 4.69) is 15.4 Å². The van der Waals surface area contributed by atoms with Gasteiger partial charge in [-0.05, 0) is 25.0 Å². The normalized spacial score (nSPS) is 15.2. The lowest BCUT2D eigenvalue weighted by atomic mass is 10.1. The Labute approximate surface area is 139 Å². The van der Waals surface area contributed by atoms with Crippen LogP contribution in [0.2, 0.25) is 0 Å². The van der Waals surface area contributed by atoms with Crippen molar-refractivity contribution >= 4 is 17.5 Å². The molecule has 132 valence electrons. The Hall–Kier alpha value is -2.38. The van der Waals surface area contributed by atoms with E-state index >= 15 is 0 Å². The Kier molecular flexibility index (Phi) is 6.34. The summed E-state index contributed by atoms with van der Waals surface area (Å²) < 4.78 is 29.1. The number of nitrogens with zero attached hydrogens (tertiary/aromatic N) is 1. The van der Waals surface area contributed by atoms with Crippen molar-refractivity contribution in [3.05, 3.63) is 24.3 Å². The Morgan fingerprint density at radius 3 is 2.58 bits per heavy atom. The number of piperidine rings is 1. The molecule has 6 nitrogen and oxygen atoms in total. The predicted octanol–water partition coefficient (Wildman–Crippen LogP) is 1.83. The zero-order chi connectivity index (χ0) is 17.5. The van der Waals surface area contributed by atoms with Gasteiger partial charge < -0.3 is 20.3 Å². The highest BCUT2D eigenvalue weighted by Gasteiger charge is 2.21. The van der Waals surface area contributed by atoms with Gasteiger partial charge in [-0.2, -0.15) is 8.78 Å². The molecule has 0 bridgehead atoms. The van der Waals surface area contributed by atoms with Gasteiger partial charge in [0.1, 0.15) is 5.75 Å². The van der Waals surface area contributed by atoms with Gasteiger partial charge in [-0.3, -0.25) is 9.59 Å². The highest BCUT2D eigenvalue weighted by atomic mass is 19.3. The van der Waals surface area contributed by atoms with Crippen LogP contribution in [-0.4, -0.2) is 49.0 Å². The third kappa shape index (κ3) is 5.36. The second-order valence-corrected chi connectivity index (χ2v) is 5.58. The molecule has 8 heteroatoms. The van der Waals surface area contributed by atoms with Crippen molar-refractivity contribution in [2.24, 2.45) is 0 Å². The lowest BCUT2D eigenvalue weighted by Gasteiger charge is -2.31. The second kappa shape index (κ2) is 8.47. The number of halogens is 2. The van der Waals surface area contributed by atoms with Crippen LogP contribution in [0, 0.1) is 0 Å². The molecule has 2 amide bonds. The highest BCUT2D eigenvalue weighted by Crippen LogP contribution is 2.25. The van der Waals surface area contributed by atoms with Crippen molar-refractivity contribution in [1.82, 2.24) is 10.2 Å². The average molecular weight is 341 g/mol. The number of likely N-dealkylation sites (tertiary alicyclic amines) is 1. The monoisotopic (exact) mass is 341 g/mol. The number of hydrogen-bond donors (Lipinski definition) is 2. The van der Waals surface area contributed by atoms with Crippen molar-refractivity contribution in [3.63, 3.8) is 0 Å². The van der Waals surface area contributed by atoms with E-state index in [1.807, 2.05) is 0 Å². The first kappa shape index (κ1) is 18.0. The summed E-state index contributed by atoms with van der Waals surface area (Å²) in [5.41, 5.74) is 0.333. The molecule has 1 aliphatic heterocycles. The molecule has 0 saturated carbocycles. The fourth-order valence-corrected chi connectivity index (χ4v) is 2.60. The minimum atomic E-state index is -2.92. The SMILES string of the molecule is CC(=O)N1CCC(NC(=O)CNc2ccccc2OC(F)F)CC1. The molecule has 1 heterocycles. The summed E-state index contributed by atoms with van der Waals surface area (Å²) in [6.45, 7) is -0.191. The van der Waals surface area contributed by atoms with Crippen LogP contribution in [0.5, 0.6) is 5.75 Å². The van der Waals surface area contributed by atoms with E-state index in [1.165, 1.54) is 13.0 Å². The van der Waals surface area contributed by atoms with Crippen molar-refractivity contribution in [3.8, 4) is 5.75 Å². The Morgan fingerprint density at radius 2 is 1.96 bits per heavy atom. The van der Waals surface area contributed by atoms with Gasteiger partial charge in [-0.25, -0.2) is 0 Å². The Morgan fingerprint density at radius 1 is 1.29 bits per heavy atom. The summed E-state index contributed by atoms with van der Waals surface area (Å²) in [6, 6.07) is 6.23. The van der Waals surface area contributed by atoms with Gasteiger partial charge in [0.2, 0.25) is 11.8 Å². The molecule has 2 rings (SSSR count). The molecule has 1 aromatic carbocycles. The van der Waals surface area contributed by atoms with Gasteiger partial charge in [-0.1, -0.05) is 12.1 Å². The van der Waals surface area contributed by atoms with E-state index in [9.17, 15) is 18.4 Å². The number of nitrogens with one attached hydrogen (secondary N) is 2. The first-order valence-corrected chi connectivity index (χ1v) is 7.78. The van der Waals surface area contributed by atoms with E-state index in [0.29, 0.717) is 31.6 Å². The van der Waals surface area contributed by atoms with Crippen LogP contribution in [0.1, 0.15) is 19.8 Å². The van der Waals surface area contributed by atoms with E-state index in [4.69, 9.17) is 0 Å². The third-order valence-corrected chi connectivity index (χ3v) is 3.85. The first-order chi connectivity index (χ1) is 11.5. The van der Waals surface area contributed by atoms with Crippen LogP contribution in [0.3, 0.4) is 0 Å². The summed E-state index contributed by atoms with van der Waals surface area (Å²) >= 11 is 0. The molecule has 0 spiro atoms. The molecule has 0 aromatic heterocycles. The molecule has 1 aliphatic rings. The topological polar surface area (TPSA) is 70.7 Å². The molecular weight excluding hydrogens is 320 g/mol. The lowest BCUT2D eigenvalue weighted by Crippen LogP contribution is -2.47. The van der Waals surface area contributed by atoms with Gasteiger partial charge in [0.25, 0.3) is 0 Å². The molecule has 0 radical (unpaired) electrons. The second-order valence-electron chi connectivity index (χ2n) is 5.58. The number of amides is 2. The van der Waals surface area contributed by atoms with Gasteiger partial charge in [0.15, 0.2) is 0 Å². The van der Waals surface area contributed by atoms with E-state index in [0.717, 1.165) is 0 Å². The van der Waals surface area contributed by atoms with E-state index in [1.54, 1.807) is 23.1 Å². The van der Waals surface area contributed by atoms with Gasteiger partial charge in [0.05, 0.1) is 12.2 Å². The standard InChI is InChI=1S/C16H21F2N3O3/c1-11(22)21-8-6-12(7-9-21)20-15(23)10-19-13-4-2-3-5-14(13)24-16(17)18/h2-5,12,16,19H,6-10H2,1H3,(H,20,23). The summed E-state index contributed by atoms with van der Waals surface area (Å²) in [5.74, 6) is -0.199. The molecule has 1 aromatic rings. The van der Waals surface area contributed by atoms with Crippen molar-refractivity contribution in [2.45, 2.75) is 32.4 Å². The zero-order valence-electron chi connectivity index (χ0n) is 13.4. The lowest BCUT2D eigenvalue weighted by molar-refractivity contribution is -0.130. The van der Waals surface area contributed by atoms with Gasteiger partial charge in [0, 0.05) is 26.1 Å². The number of benzene rings is 1. The Bertz CT molecular complexity index is 575. The number of carbonyl (C=O) groups is 2. The fraction of sp³-hybridized carbons (Fsp3) is 0.500. The first-order valence-electron chi connectivity index (χ1n) is 7.78. The maximum atomic E-state index is 12.3. The molecular formula is C16H21F2N3O3. The van der Waals surface area contributed by atoms with Crippen molar-refractivity contribution in [2.75, 3.05) is 25.0 Å². The third-order valence-electron chi connectivity index (χ3n) is 3.85. The molecule has 1 saturated heterocycles. The van der Waals surface area contributed by atoms with Gasteiger partial charge >= 0.3 is 6.61 Å². The minimum Gasteiger partial charge on any atom is -0.433 e. The maximum Gasteiger partial charge on any atom is 0.387 e. The number of carbonyl (C=O) groups excluding carboxylic acids is 2. The molecule has 24 heavy (non-hydrogen) atoms. The molecule has 2 N–H and O–H groups in total. The summed E-state index contributed by atoms with van der Waals surface area (Å²) in [4.78, 5) is 25.0. The fourth-order valence-electron chi connectivity index (χ4n) is 2.60. The number of ether oxygens (including phenoxy) is 1.